The van der Waals surface area contributed by atoms with Gasteiger partial charge in [0, 0.05) is 0 Å². The van der Waals surface area contributed by atoms with Gasteiger partial charge in [0.05, 0.1) is 19.7 Å². The number of carbonyl (C=O) groups is 2. The van der Waals surface area contributed by atoms with E-state index in [1.54, 1.807) is 59.7 Å². The van der Waals surface area contributed by atoms with Crippen LogP contribution in [0.4, 0.5) is 9.59 Å². The molecule has 1 aromatic rings. The second-order valence-corrected chi connectivity index (χ2v) is 8.49. The van der Waals surface area contributed by atoms with Gasteiger partial charge in [-0.3, -0.25) is 0 Å². The average Bonchev–Trinajstić information content (AvgIpc) is 2.60. The first-order valence-electron chi connectivity index (χ1n) is 9.83. The highest BCUT2D eigenvalue weighted by atomic mass is 16.6. The van der Waals surface area contributed by atoms with Crippen molar-refractivity contribution >= 4 is 12.2 Å². The Hall–Kier alpha value is -2.68. The fraction of sp³-hybridized carbons (Fsp3) is 0.619. The Kier molecular flexibility index (Phi) is 9.71. The molecule has 3 N–H and O–H groups in total. The van der Waals surface area contributed by atoms with Crippen LogP contribution in [-0.2, 0) is 16.1 Å². The zero-order valence-electron chi connectivity index (χ0n) is 18.7. The molecule has 0 aliphatic heterocycles. The van der Waals surface area contributed by atoms with Gasteiger partial charge in [0.25, 0.3) is 0 Å². The number of hydrogen-bond acceptors (Lipinski definition) is 7. The standard InChI is InChI=1S/C21H34N2O7/c1-20(2,3)29-18(25)22-9-11-27-16-8-7-15(14-24)13-17(16)28-12-10-23-19(26)30-21(4,5)6/h7-8,13,24H,9-12,14H2,1-6H3,(H,22,25)(H,23,26). The van der Waals surface area contributed by atoms with Crippen LogP contribution in [0.5, 0.6) is 11.5 Å². The number of benzene rings is 1. The number of alkyl carbamates (subject to hydrolysis) is 2. The minimum atomic E-state index is -0.575. The summed E-state index contributed by atoms with van der Waals surface area (Å²) in [7, 11) is 0. The van der Waals surface area contributed by atoms with Gasteiger partial charge in [-0.2, -0.15) is 0 Å². The summed E-state index contributed by atoms with van der Waals surface area (Å²) >= 11 is 0. The molecular weight excluding hydrogens is 392 g/mol. The molecule has 0 saturated carbocycles. The molecule has 9 heteroatoms. The van der Waals surface area contributed by atoms with Crippen molar-refractivity contribution in [1.29, 1.82) is 0 Å². The van der Waals surface area contributed by atoms with E-state index in [9.17, 15) is 14.7 Å². The van der Waals surface area contributed by atoms with Crippen LogP contribution in [0.2, 0.25) is 0 Å². The Balaban J connectivity index is 2.51. The van der Waals surface area contributed by atoms with Gasteiger partial charge in [0.2, 0.25) is 0 Å². The van der Waals surface area contributed by atoms with Crippen molar-refractivity contribution in [2.24, 2.45) is 0 Å². The lowest BCUT2D eigenvalue weighted by Crippen LogP contribution is -2.35. The van der Waals surface area contributed by atoms with E-state index >= 15 is 0 Å². The second-order valence-electron chi connectivity index (χ2n) is 8.49. The third kappa shape index (κ3) is 11.4. The number of amides is 2. The van der Waals surface area contributed by atoms with E-state index in [2.05, 4.69) is 10.6 Å². The maximum atomic E-state index is 11.7. The van der Waals surface area contributed by atoms with Crippen LogP contribution in [0.25, 0.3) is 0 Å². The molecule has 0 aliphatic rings. The largest absolute Gasteiger partial charge is 0.488 e. The molecule has 1 rings (SSSR count). The van der Waals surface area contributed by atoms with Crippen LogP contribution in [0.15, 0.2) is 18.2 Å². The maximum absolute atomic E-state index is 11.7. The van der Waals surface area contributed by atoms with Crippen molar-refractivity contribution in [2.45, 2.75) is 59.4 Å². The zero-order chi connectivity index (χ0) is 22.8. The Morgan fingerprint density at radius 3 is 1.73 bits per heavy atom. The van der Waals surface area contributed by atoms with Crippen LogP contribution in [0.1, 0.15) is 47.1 Å². The Labute approximate surface area is 178 Å². The van der Waals surface area contributed by atoms with Crippen molar-refractivity contribution in [2.75, 3.05) is 26.3 Å². The van der Waals surface area contributed by atoms with Gasteiger partial charge >= 0.3 is 12.2 Å². The van der Waals surface area contributed by atoms with E-state index < -0.39 is 23.4 Å². The summed E-state index contributed by atoms with van der Waals surface area (Å²) in [5, 5.41) is 14.6. The molecule has 9 nitrogen and oxygen atoms in total. The molecule has 0 saturated heterocycles. The van der Waals surface area contributed by atoms with Crippen molar-refractivity contribution in [3.05, 3.63) is 23.8 Å². The van der Waals surface area contributed by atoms with Gasteiger partial charge in [0.1, 0.15) is 24.4 Å². The molecule has 0 fully saturated rings. The monoisotopic (exact) mass is 426 g/mol. The topological polar surface area (TPSA) is 115 Å². The van der Waals surface area contributed by atoms with Crippen LogP contribution >= 0.6 is 0 Å². The number of carbonyl (C=O) groups excluding carboxylic acids is 2. The number of nitrogens with one attached hydrogen (secondary N) is 2. The lowest BCUT2D eigenvalue weighted by molar-refractivity contribution is 0.0507. The van der Waals surface area contributed by atoms with Crippen LogP contribution in [0, 0.1) is 0 Å². The summed E-state index contributed by atoms with van der Waals surface area (Å²) < 4.78 is 21.7. The number of aliphatic hydroxyl groups excluding tert-OH is 1. The summed E-state index contributed by atoms with van der Waals surface area (Å²) in [6.07, 6.45) is -1.05. The van der Waals surface area contributed by atoms with Crippen molar-refractivity contribution in [1.82, 2.24) is 10.6 Å². The predicted octanol–water partition coefficient (Wildman–Crippen LogP) is 2.99. The van der Waals surface area contributed by atoms with Crippen molar-refractivity contribution in [3.63, 3.8) is 0 Å². The molecule has 1 aromatic carbocycles. The van der Waals surface area contributed by atoms with Crippen LogP contribution in [0.3, 0.4) is 0 Å². The number of hydrogen-bond donors (Lipinski definition) is 3. The highest BCUT2D eigenvalue weighted by Crippen LogP contribution is 2.28. The molecule has 0 aliphatic carbocycles. The quantitative estimate of drug-likeness (QED) is 0.520. The average molecular weight is 427 g/mol. The van der Waals surface area contributed by atoms with E-state index in [1.165, 1.54) is 0 Å². The first-order valence-corrected chi connectivity index (χ1v) is 9.83. The Morgan fingerprint density at radius 2 is 1.30 bits per heavy atom. The molecule has 170 valence electrons. The van der Waals surface area contributed by atoms with Gasteiger partial charge in [0.15, 0.2) is 11.5 Å². The first kappa shape index (κ1) is 25.4. The van der Waals surface area contributed by atoms with Crippen molar-refractivity contribution < 1.29 is 33.6 Å². The maximum Gasteiger partial charge on any atom is 0.407 e. The Morgan fingerprint density at radius 1 is 0.833 bits per heavy atom. The number of aliphatic hydroxyl groups is 1. The smallest absolute Gasteiger partial charge is 0.407 e. The molecule has 0 spiro atoms. The van der Waals surface area contributed by atoms with E-state index in [4.69, 9.17) is 18.9 Å². The molecule has 0 atom stereocenters. The van der Waals surface area contributed by atoms with Gasteiger partial charge in [-0.05, 0) is 59.2 Å². The first-order chi connectivity index (χ1) is 13.9. The lowest BCUT2D eigenvalue weighted by Gasteiger charge is -2.20. The SMILES string of the molecule is CC(C)(C)OC(=O)NCCOc1ccc(CO)cc1OCCNC(=O)OC(C)(C)C. The minimum Gasteiger partial charge on any atom is -0.488 e. The fourth-order valence-electron chi connectivity index (χ4n) is 2.14. The van der Waals surface area contributed by atoms with Gasteiger partial charge in [-0.25, -0.2) is 9.59 Å². The normalized spacial score (nSPS) is 11.4. The lowest BCUT2D eigenvalue weighted by atomic mass is 10.2. The van der Waals surface area contributed by atoms with Crippen LogP contribution in [-0.4, -0.2) is 54.8 Å². The van der Waals surface area contributed by atoms with Crippen LogP contribution < -0.4 is 20.1 Å². The Bertz CT molecular complexity index is 694. The molecule has 0 unspecified atom stereocenters. The molecular formula is C21H34N2O7. The van der Waals surface area contributed by atoms with E-state index in [0.717, 1.165) is 0 Å². The summed E-state index contributed by atoms with van der Waals surface area (Å²) in [5.74, 6) is 0.875. The second kappa shape index (κ2) is 11.5. The van der Waals surface area contributed by atoms with Gasteiger partial charge in [-0.15, -0.1) is 0 Å². The molecule has 30 heavy (non-hydrogen) atoms. The highest BCUT2D eigenvalue weighted by Gasteiger charge is 2.16. The number of rotatable bonds is 9. The fourth-order valence-corrected chi connectivity index (χ4v) is 2.14. The molecule has 0 aromatic heterocycles. The molecule has 0 bridgehead atoms. The molecule has 0 radical (unpaired) electrons. The summed E-state index contributed by atoms with van der Waals surface area (Å²) in [6.45, 7) is 11.4. The third-order valence-corrected chi connectivity index (χ3v) is 3.25. The predicted molar refractivity (Wildman–Crippen MR) is 112 cm³/mol. The number of ether oxygens (including phenoxy) is 4. The van der Waals surface area contributed by atoms with E-state index in [1.807, 2.05) is 0 Å². The van der Waals surface area contributed by atoms with Crippen molar-refractivity contribution in [3.8, 4) is 11.5 Å². The van der Waals surface area contributed by atoms with E-state index in [-0.39, 0.29) is 32.9 Å². The summed E-state index contributed by atoms with van der Waals surface area (Å²) in [5.41, 5.74) is -0.488. The highest BCUT2D eigenvalue weighted by molar-refractivity contribution is 5.68. The summed E-state index contributed by atoms with van der Waals surface area (Å²) in [4.78, 5) is 23.3. The zero-order valence-corrected chi connectivity index (χ0v) is 18.7. The molecule has 2 amide bonds. The summed E-state index contributed by atoms with van der Waals surface area (Å²) in [6, 6.07) is 5.04. The third-order valence-electron chi connectivity index (χ3n) is 3.25. The van der Waals surface area contributed by atoms with Gasteiger partial charge in [-0.1, -0.05) is 6.07 Å². The van der Waals surface area contributed by atoms with E-state index in [0.29, 0.717) is 17.1 Å². The molecule has 0 heterocycles. The van der Waals surface area contributed by atoms with Gasteiger partial charge < -0.3 is 34.7 Å². The minimum absolute atomic E-state index is 0.146.